The van der Waals surface area contributed by atoms with Gasteiger partial charge in [0, 0.05) is 23.8 Å². The van der Waals surface area contributed by atoms with E-state index in [1.165, 1.54) is 6.20 Å². The number of aliphatic hydroxyl groups excluding tert-OH is 1. The Morgan fingerprint density at radius 3 is 2.68 bits per heavy atom. The Morgan fingerprint density at radius 1 is 1.41 bits per heavy atom. The van der Waals surface area contributed by atoms with Crippen LogP contribution in [0.15, 0.2) is 12.3 Å². The molecule has 6 heteroatoms. The summed E-state index contributed by atoms with van der Waals surface area (Å²) >= 11 is 5.95. The smallest absolute Gasteiger partial charge is 0.169 e. The lowest BCUT2D eigenvalue weighted by Crippen LogP contribution is -2.37. The van der Waals surface area contributed by atoms with Crippen LogP contribution in [0.5, 0.6) is 0 Å². The molecule has 22 heavy (non-hydrogen) atoms. The molecule has 1 heterocycles. The number of pyridine rings is 1. The highest BCUT2D eigenvalue weighted by Gasteiger charge is 2.36. The van der Waals surface area contributed by atoms with Crippen molar-refractivity contribution in [3.8, 4) is 0 Å². The van der Waals surface area contributed by atoms with Gasteiger partial charge in [0.05, 0.1) is 12.2 Å². The van der Waals surface area contributed by atoms with Gasteiger partial charge in [-0.1, -0.05) is 11.6 Å². The van der Waals surface area contributed by atoms with E-state index in [9.17, 15) is 9.18 Å². The summed E-state index contributed by atoms with van der Waals surface area (Å²) in [4.78, 5) is 16.3. The van der Waals surface area contributed by atoms with Crippen molar-refractivity contribution in [1.82, 2.24) is 4.98 Å². The summed E-state index contributed by atoms with van der Waals surface area (Å²) in [6.45, 7) is -0.424. The number of carbonyl (C=O) groups is 1. The van der Waals surface area contributed by atoms with E-state index >= 15 is 0 Å². The Labute approximate surface area is 134 Å². The van der Waals surface area contributed by atoms with E-state index in [1.54, 1.807) is 6.07 Å². The number of nitrogens with one attached hydrogen (secondary N) is 1. The highest BCUT2D eigenvalue weighted by Crippen LogP contribution is 2.37. The molecule has 0 amide bonds. The highest BCUT2D eigenvalue weighted by atomic mass is 35.5. The van der Waals surface area contributed by atoms with Crippen molar-refractivity contribution >= 4 is 23.1 Å². The molecule has 2 aliphatic rings. The first-order valence-corrected chi connectivity index (χ1v) is 8.15. The molecule has 4 nitrogen and oxygen atoms in total. The minimum absolute atomic E-state index is 0.0830. The first-order chi connectivity index (χ1) is 10.5. The molecule has 2 fully saturated rings. The summed E-state index contributed by atoms with van der Waals surface area (Å²) in [6.07, 6.45) is 5.29. The van der Waals surface area contributed by atoms with Crippen molar-refractivity contribution < 1.29 is 14.3 Å². The summed E-state index contributed by atoms with van der Waals surface area (Å²) in [5.41, 5.74) is -0.191. The second-order valence-electron chi connectivity index (χ2n) is 6.42. The third kappa shape index (κ3) is 3.41. The van der Waals surface area contributed by atoms with Crippen LogP contribution in [0.2, 0.25) is 5.15 Å². The van der Waals surface area contributed by atoms with Crippen molar-refractivity contribution in [2.45, 2.75) is 50.2 Å². The fraction of sp³-hybridized carbons (Fsp3) is 0.625. The van der Waals surface area contributed by atoms with Gasteiger partial charge in [-0.05, 0) is 44.6 Å². The van der Waals surface area contributed by atoms with Gasteiger partial charge in [-0.2, -0.15) is 0 Å². The SMILES string of the molecule is O=C(c1cnc(Cl)cc1NC1CCC(F)(CO)CC1)C1CC1. The molecule has 0 spiro atoms. The first-order valence-electron chi connectivity index (χ1n) is 7.77. The van der Waals surface area contributed by atoms with E-state index in [0.29, 0.717) is 42.1 Å². The Bertz CT molecular complexity index is 569. The minimum Gasteiger partial charge on any atom is -0.393 e. The van der Waals surface area contributed by atoms with Gasteiger partial charge in [0.1, 0.15) is 10.8 Å². The number of Topliss-reactive ketones (excluding diaryl/α,β-unsaturated/α-hetero) is 1. The van der Waals surface area contributed by atoms with Crippen molar-refractivity contribution in [3.63, 3.8) is 0 Å². The van der Waals surface area contributed by atoms with Crippen LogP contribution in [0.3, 0.4) is 0 Å². The number of rotatable bonds is 5. The molecule has 1 aromatic heterocycles. The number of anilines is 1. The normalized spacial score (nSPS) is 28.4. The molecule has 3 rings (SSSR count). The number of hydrogen-bond acceptors (Lipinski definition) is 4. The molecule has 2 N–H and O–H groups in total. The molecular weight excluding hydrogens is 307 g/mol. The zero-order valence-electron chi connectivity index (χ0n) is 12.3. The summed E-state index contributed by atoms with van der Waals surface area (Å²) < 4.78 is 14.0. The fourth-order valence-electron chi connectivity index (χ4n) is 2.97. The summed E-state index contributed by atoms with van der Waals surface area (Å²) in [6, 6.07) is 1.75. The lowest BCUT2D eigenvalue weighted by Gasteiger charge is -2.33. The maximum absolute atomic E-state index is 14.0. The predicted octanol–water partition coefficient (Wildman–Crippen LogP) is 3.38. The second-order valence-corrected chi connectivity index (χ2v) is 6.81. The average molecular weight is 327 g/mol. The highest BCUT2D eigenvalue weighted by molar-refractivity contribution is 6.29. The molecule has 120 valence electrons. The summed E-state index contributed by atoms with van der Waals surface area (Å²) in [7, 11) is 0. The van der Waals surface area contributed by atoms with Crippen LogP contribution in [-0.4, -0.2) is 34.2 Å². The standard InChI is InChI=1S/C16H20ClFN2O2/c17-14-7-13(12(8-19-14)15(22)10-1-2-10)20-11-3-5-16(18,9-21)6-4-11/h7-8,10-11,21H,1-6,9H2,(H,19,20). The van der Waals surface area contributed by atoms with E-state index in [-0.39, 0.29) is 17.7 Å². The van der Waals surface area contributed by atoms with Crippen LogP contribution in [0.25, 0.3) is 0 Å². The molecule has 0 radical (unpaired) electrons. The second kappa shape index (κ2) is 6.13. The maximum Gasteiger partial charge on any atom is 0.169 e. The molecule has 0 saturated heterocycles. The van der Waals surface area contributed by atoms with E-state index < -0.39 is 12.3 Å². The molecule has 1 aromatic rings. The lowest BCUT2D eigenvalue weighted by atomic mass is 9.84. The van der Waals surface area contributed by atoms with Crippen molar-refractivity contribution in [2.75, 3.05) is 11.9 Å². The topological polar surface area (TPSA) is 62.2 Å². The molecule has 0 aliphatic heterocycles. The van der Waals surface area contributed by atoms with Crippen LogP contribution in [0, 0.1) is 5.92 Å². The Kier molecular flexibility index (Phi) is 4.37. The van der Waals surface area contributed by atoms with Crippen LogP contribution in [0.1, 0.15) is 48.9 Å². The fourth-order valence-corrected chi connectivity index (χ4v) is 3.13. The van der Waals surface area contributed by atoms with Crippen LogP contribution >= 0.6 is 11.6 Å². The third-order valence-corrected chi connectivity index (χ3v) is 4.82. The molecule has 0 atom stereocenters. The van der Waals surface area contributed by atoms with E-state index in [2.05, 4.69) is 10.3 Å². The number of ketones is 1. The van der Waals surface area contributed by atoms with Gasteiger partial charge in [-0.15, -0.1) is 0 Å². The number of carbonyl (C=O) groups excluding carboxylic acids is 1. The lowest BCUT2D eigenvalue weighted by molar-refractivity contribution is 0.0337. The third-order valence-electron chi connectivity index (χ3n) is 4.61. The van der Waals surface area contributed by atoms with Gasteiger partial charge < -0.3 is 10.4 Å². The summed E-state index contributed by atoms with van der Waals surface area (Å²) in [5.74, 6) is 0.223. The Hall–Kier alpha value is -1.20. The Morgan fingerprint density at radius 2 is 2.09 bits per heavy atom. The van der Waals surface area contributed by atoms with Crippen LogP contribution in [0.4, 0.5) is 10.1 Å². The van der Waals surface area contributed by atoms with Gasteiger partial charge >= 0.3 is 0 Å². The van der Waals surface area contributed by atoms with E-state index in [1.807, 2.05) is 0 Å². The van der Waals surface area contributed by atoms with Crippen LogP contribution < -0.4 is 5.32 Å². The largest absolute Gasteiger partial charge is 0.393 e. The van der Waals surface area contributed by atoms with E-state index in [4.69, 9.17) is 16.7 Å². The minimum atomic E-state index is -1.46. The van der Waals surface area contributed by atoms with Crippen molar-refractivity contribution in [2.24, 2.45) is 5.92 Å². The monoisotopic (exact) mass is 326 g/mol. The van der Waals surface area contributed by atoms with Gasteiger partial charge in [-0.25, -0.2) is 9.37 Å². The van der Waals surface area contributed by atoms with Gasteiger partial charge in [0.2, 0.25) is 0 Å². The van der Waals surface area contributed by atoms with Gasteiger partial charge in [0.25, 0.3) is 0 Å². The number of aromatic nitrogens is 1. The maximum atomic E-state index is 14.0. The molecule has 0 bridgehead atoms. The first kappa shape index (κ1) is 15.7. The molecular formula is C16H20ClFN2O2. The zero-order valence-corrected chi connectivity index (χ0v) is 13.1. The number of hydrogen-bond donors (Lipinski definition) is 2. The van der Waals surface area contributed by atoms with Crippen LogP contribution in [-0.2, 0) is 0 Å². The van der Waals surface area contributed by atoms with Crippen molar-refractivity contribution in [3.05, 3.63) is 23.0 Å². The molecule has 2 aliphatic carbocycles. The molecule has 0 unspecified atom stereocenters. The van der Waals surface area contributed by atoms with E-state index in [0.717, 1.165) is 12.8 Å². The number of alkyl halides is 1. The average Bonchev–Trinajstić information content (AvgIpc) is 3.34. The predicted molar refractivity (Wildman–Crippen MR) is 83.1 cm³/mol. The van der Waals surface area contributed by atoms with Crippen molar-refractivity contribution in [1.29, 1.82) is 0 Å². The molecule has 2 saturated carbocycles. The quantitative estimate of drug-likeness (QED) is 0.643. The van der Waals surface area contributed by atoms with Gasteiger partial charge in [0.15, 0.2) is 5.78 Å². The van der Waals surface area contributed by atoms with Gasteiger partial charge in [-0.3, -0.25) is 4.79 Å². The summed E-state index contributed by atoms with van der Waals surface area (Å²) in [5, 5.41) is 12.7. The zero-order chi connectivity index (χ0) is 15.7. The molecule has 0 aromatic carbocycles. The Balaban J connectivity index is 1.72. The number of nitrogens with zero attached hydrogens (tertiary/aromatic N) is 1. The number of halogens is 2. The number of aliphatic hydroxyl groups is 1.